The third-order valence-corrected chi connectivity index (χ3v) is 5.73. The lowest BCUT2D eigenvalue weighted by Crippen LogP contribution is -2.42. The van der Waals surface area contributed by atoms with Crippen LogP contribution in [0.15, 0.2) is 54.9 Å². The predicted octanol–water partition coefficient (Wildman–Crippen LogP) is 2.99. The number of carbonyl (C=O) groups is 1. The highest BCUT2D eigenvalue weighted by atomic mass is 16.2. The molecule has 5 nitrogen and oxygen atoms in total. The quantitative estimate of drug-likeness (QED) is 0.776. The molecule has 2 unspecified atom stereocenters. The predicted molar refractivity (Wildman–Crippen MR) is 102 cm³/mol. The smallest absolute Gasteiger partial charge is 0.254 e. The molecular formula is C21H22N4O. The lowest BCUT2D eigenvalue weighted by Gasteiger charge is -2.28. The summed E-state index contributed by atoms with van der Waals surface area (Å²) in [7, 11) is 0. The standard InChI is InChI=1S/C21H22N4O/c26-21(25-17-9-10-18(25)13-22-12-11-17)15-5-7-16(8-6-15)24-14-23-19-3-1-2-4-20(19)24/h1-8,14,17-18,22H,9-13H2. The molecule has 2 aromatic carbocycles. The number of para-hydroxylation sites is 2. The molecule has 5 rings (SSSR count). The van der Waals surface area contributed by atoms with Crippen molar-refractivity contribution in [3.05, 3.63) is 60.4 Å². The molecule has 2 bridgehead atoms. The van der Waals surface area contributed by atoms with E-state index >= 15 is 0 Å². The molecule has 2 aliphatic heterocycles. The molecule has 2 fully saturated rings. The summed E-state index contributed by atoms with van der Waals surface area (Å²) in [5.41, 5.74) is 3.84. The van der Waals surface area contributed by atoms with Gasteiger partial charge in [-0.25, -0.2) is 4.98 Å². The highest BCUT2D eigenvalue weighted by Crippen LogP contribution is 2.30. The van der Waals surface area contributed by atoms with Gasteiger partial charge in [-0.1, -0.05) is 12.1 Å². The van der Waals surface area contributed by atoms with Gasteiger partial charge in [0.2, 0.25) is 0 Å². The number of hydrogen-bond acceptors (Lipinski definition) is 3. The van der Waals surface area contributed by atoms with Crippen LogP contribution in [0.2, 0.25) is 0 Å². The Morgan fingerprint density at radius 2 is 1.81 bits per heavy atom. The zero-order valence-corrected chi connectivity index (χ0v) is 14.6. The molecule has 0 aliphatic carbocycles. The lowest BCUT2D eigenvalue weighted by molar-refractivity contribution is 0.0680. The van der Waals surface area contributed by atoms with Crippen molar-refractivity contribution >= 4 is 16.9 Å². The van der Waals surface area contributed by atoms with Gasteiger partial charge in [0.05, 0.1) is 11.0 Å². The van der Waals surface area contributed by atoms with E-state index in [1.165, 1.54) is 0 Å². The lowest BCUT2D eigenvalue weighted by atomic mass is 10.1. The first-order chi connectivity index (χ1) is 12.8. The van der Waals surface area contributed by atoms with E-state index in [0.717, 1.165) is 54.6 Å². The Morgan fingerprint density at radius 3 is 2.69 bits per heavy atom. The fourth-order valence-electron chi connectivity index (χ4n) is 4.39. The molecule has 1 aromatic heterocycles. The number of rotatable bonds is 2. The van der Waals surface area contributed by atoms with Crippen LogP contribution in [0.5, 0.6) is 0 Å². The second-order valence-electron chi connectivity index (χ2n) is 7.24. The Bertz CT molecular complexity index is 932. The maximum atomic E-state index is 13.1. The van der Waals surface area contributed by atoms with Gasteiger partial charge in [-0.05, 0) is 62.2 Å². The zero-order chi connectivity index (χ0) is 17.5. The first-order valence-electron chi connectivity index (χ1n) is 9.37. The molecule has 5 heteroatoms. The highest BCUT2D eigenvalue weighted by molar-refractivity contribution is 5.95. The van der Waals surface area contributed by atoms with Crippen molar-refractivity contribution in [2.45, 2.75) is 31.3 Å². The zero-order valence-electron chi connectivity index (χ0n) is 14.6. The van der Waals surface area contributed by atoms with Gasteiger partial charge in [0.25, 0.3) is 5.91 Å². The SMILES string of the molecule is O=C(c1ccc(-n2cnc3ccccc32)cc1)N1C2CCNCC1CC2. The second kappa shape index (κ2) is 6.25. The van der Waals surface area contributed by atoms with Crippen LogP contribution in [-0.2, 0) is 0 Å². The second-order valence-corrected chi connectivity index (χ2v) is 7.24. The molecule has 3 heterocycles. The minimum absolute atomic E-state index is 0.170. The Morgan fingerprint density at radius 1 is 1.00 bits per heavy atom. The summed E-state index contributed by atoms with van der Waals surface area (Å²) >= 11 is 0. The van der Waals surface area contributed by atoms with Crippen molar-refractivity contribution in [2.24, 2.45) is 0 Å². The first kappa shape index (κ1) is 15.6. The Balaban J connectivity index is 1.44. The van der Waals surface area contributed by atoms with Crippen molar-refractivity contribution in [1.29, 1.82) is 0 Å². The maximum Gasteiger partial charge on any atom is 0.254 e. The third-order valence-electron chi connectivity index (χ3n) is 5.73. The largest absolute Gasteiger partial charge is 0.331 e. The Kier molecular flexibility index (Phi) is 3.75. The van der Waals surface area contributed by atoms with Crippen molar-refractivity contribution in [1.82, 2.24) is 19.8 Å². The van der Waals surface area contributed by atoms with E-state index < -0.39 is 0 Å². The van der Waals surface area contributed by atoms with Gasteiger partial charge in [0, 0.05) is 29.9 Å². The van der Waals surface area contributed by atoms with E-state index in [2.05, 4.69) is 25.8 Å². The van der Waals surface area contributed by atoms with Crippen molar-refractivity contribution < 1.29 is 4.79 Å². The van der Waals surface area contributed by atoms with E-state index in [9.17, 15) is 4.79 Å². The summed E-state index contributed by atoms with van der Waals surface area (Å²) in [5.74, 6) is 0.170. The van der Waals surface area contributed by atoms with Gasteiger partial charge in [-0.3, -0.25) is 9.36 Å². The summed E-state index contributed by atoms with van der Waals surface area (Å²) in [5, 5.41) is 3.46. The van der Waals surface area contributed by atoms with Gasteiger partial charge in [-0.2, -0.15) is 0 Å². The third kappa shape index (κ3) is 2.51. The van der Waals surface area contributed by atoms with Gasteiger partial charge < -0.3 is 10.2 Å². The van der Waals surface area contributed by atoms with Crippen LogP contribution in [-0.4, -0.2) is 45.5 Å². The van der Waals surface area contributed by atoms with Crippen molar-refractivity contribution in [3.63, 3.8) is 0 Å². The fraction of sp³-hybridized carbons (Fsp3) is 0.333. The fourth-order valence-corrected chi connectivity index (χ4v) is 4.39. The highest BCUT2D eigenvalue weighted by Gasteiger charge is 2.38. The van der Waals surface area contributed by atoms with E-state index in [4.69, 9.17) is 0 Å². The monoisotopic (exact) mass is 346 g/mol. The number of amides is 1. The molecule has 0 spiro atoms. The molecule has 1 amide bonds. The van der Waals surface area contributed by atoms with Crippen LogP contribution < -0.4 is 5.32 Å². The van der Waals surface area contributed by atoms with Gasteiger partial charge in [0.15, 0.2) is 0 Å². The van der Waals surface area contributed by atoms with Crippen LogP contribution >= 0.6 is 0 Å². The van der Waals surface area contributed by atoms with Gasteiger partial charge in [0.1, 0.15) is 6.33 Å². The summed E-state index contributed by atoms with van der Waals surface area (Å²) in [6.07, 6.45) is 5.14. The number of hydrogen-bond donors (Lipinski definition) is 1. The Hall–Kier alpha value is -2.66. The van der Waals surface area contributed by atoms with Crippen LogP contribution in [0.1, 0.15) is 29.6 Å². The van der Waals surface area contributed by atoms with Crippen LogP contribution in [0.3, 0.4) is 0 Å². The summed E-state index contributed by atoms with van der Waals surface area (Å²) < 4.78 is 2.06. The summed E-state index contributed by atoms with van der Waals surface area (Å²) in [4.78, 5) is 19.7. The average Bonchev–Trinajstić information content (AvgIpc) is 3.21. The molecule has 0 saturated carbocycles. The molecule has 2 saturated heterocycles. The molecular weight excluding hydrogens is 324 g/mol. The Labute approximate surface area is 152 Å². The minimum atomic E-state index is 0.170. The number of aromatic nitrogens is 2. The number of fused-ring (bicyclic) bond motifs is 3. The topological polar surface area (TPSA) is 50.2 Å². The molecule has 3 aromatic rings. The number of nitrogens with one attached hydrogen (secondary N) is 1. The molecule has 1 N–H and O–H groups in total. The normalized spacial score (nSPS) is 22.5. The van der Waals surface area contributed by atoms with Crippen molar-refractivity contribution in [2.75, 3.05) is 13.1 Å². The first-order valence-corrected chi connectivity index (χ1v) is 9.37. The minimum Gasteiger partial charge on any atom is -0.331 e. The van der Waals surface area contributed by atoms with Gasteiger partial charge >= 0.3 is 0 Å². The summed E-state index contributed by atoms with van der Waals surface area (Å²) in [6.45, 7) is 1.93. The molecule has 2 atom stereocenters. The van der Waals surface area contributed by atoms with E-state index in [1.54, 1.807) is 0 Å². The van der Waals surface area contributed by atoms with E-state index in [-0.39, 0.29) is 5.91 Å². The average molecular weight is 346 g/mol. The number of carbonyl (C=O) groups excluding carboxylic acids is 1. The van der Waals surface area contributed by atoms with Crippen LogP contribution in [0, 0.1) is 0 Å². The number of nitrogens with zero attached hydrogens (tertiary/aromatic N) is 3. The number of imidazole rings is 1. The summed E-state index contributed by atoms with van der Waals surface area (Å²) in [6, 6.07) is 16.7. The molecule has 2 aliphatic rings. The molecule has 0 radical (unpaired) electrons. The van der Waals surface area contributed by atoms with E-state index in [0.29, 0.717) is 12.1 Å². The molecule has 132 valence electrons. The maximum absolute atomic E-state index is 13.1. The number of benzene rings is 2. The van der Waals surface area contributed by atoms with Gasteiger partial charge in [-0.15, -0.1) is 0 Å². The van der Waals surface area contributed by atoms with Crippen molar-refractivity contribution in [3.8, 4) is 5.69 Å². The van der Waals surface area contributed by atoms with E-state index in [1.807, 2.05) is 48.8 Å². The van der Waals surface area contributed by atoms with Crippen LogP contribution in [0.4, 0.5) is 0 Å². The van der Waals surface area contributed by atoms with Crippen LogP contribution in [0.25, 0.3) is 16.7 Å². The molecule has 26 heavy (non-hydrogen) atoms.